The van der Waals surface area contributed by atoms with Gasteiger partial charge in [0.1, 0.15) is 10.9 Å². The zero-order valence-electron chi connectivity index (χ0n) is 12.5. The number of halogens is 2. The molecule has 0 unspecified atom stereocenters. The Morgan fingerprint density at radius 2 is 2.23 bits per heavy atom. The van der Waals surface area contributed by atoms with Crippen LogP contribution in [-0.4, -0.2) is 37.8 Å². The monoisotopic (exact) mass is 385 g/mol. The molecule has 0 spiro atoms. The van der Waals surface area contributed by atoms with Gasteiger partial charge < -0.3 is 9.47 Å². The molecule has 22 heavy (non-hydrogen) atoms. The molecule has 1 aliphatic carbocycles. The van der Waals surface area contributed by atoms with Crippen LogP contribution in [0.15, 0.2) is 55.6 Å². The highest BCUT2D eigenvalue weighted by molar-refractivity contribution is 9.12. The highest BCUT2D eigenvalue weighted by Crippen LogP contribution is 2.30. The maximum Gasteiger partial charge on any atom is 0.230 e. The van der Waals surface area contributed by atoms with Crippen molar-refractivity contribution in [2.75, 3.05) is 20.9 Å². The first kappa shape index (κ1) is 16.8. The smallest absolute Gasteiger partial charge is 0.230 e. The maximum atomic E-state index is 6.27. The highest BCUT2D eigenvalue weighted by Gasteiger charge is 2.22. The Labute approximate surface area is 143 Å². The van der Waals surface area contributed by atoms with E-state index in [1.165, 1.54) is 0 Å². The lowest BCUT2D eigenvalue weighted by molar-refractivity contribution is 0.0729. The Morgan fingerprint density at radius 3 is 2.91 bits per heavy atom. The van der Waals surface area contributed by atoms with Crippen LogP contribution in [0.25, 0.3) is 0 Å². The molecule has 0 aromatic carbocycles. The molecule has 5 nitrogen and oxygen atoms in total. The van der Waals surface area contributed by atoms with E-state index in [2.05, 4.69) is 32.6 Å². The summed E-state index contributed by atoms with van der Waals surface area (Å²) >= 11 is 9.48. The summed E-state index contributed by atoms with van der Waals surface area (Å²) in [6, 6.07) is 0. The number of rotatable bonds is 5. The van der Waals surface area contributed by atoms with E-state index in [4.69, 9.17) is 21.1 Å². The van der Waals surface area contributed by atoms with Gasteiger partial charge in [0.2, 0.25) is 6.79 Å². The Balaban J connectivity index is 2.15. The van der Waals surface area contributed by atoms with Crippen LogP contribution in [0.3, 0.4) is 0 Å². The van der Waals surface area contributed by atoms with E-state index in [9.17, 15) is 0 Å². The quantitative estimate of drug-likeness (QED) is 0.409. The molecule has 0 amide bonds. The second-order valence-corrected chi connectivity index (χ2v) is 6.06. The minimum absolute atomic E-state index is 0.289. The molecule has 2 aliphatic rings. The lowest BCUT2D eigenvalue weighted by Crippen LogP contribution is -2.11. The first-order chi connectivity index (χ1) is 10.5. The number of hydrazone groups is 1. The third-order valence-corrected chi connectivity index (χ3v) is 3.71. The number of hydrogen-bond acceptors (Lipinski definition) is 5. The zero-order valence-corrected chi connectivity index (χ0v) is 14.8. The summed E-state index contributed by atoms with van der Waals surface area (Å²) in [6.45, 7) is 3.97. The normalized spacial score (nSPS) is 18.8. The molecule has 0 atom stereocenters. The van der Waals surface area contributed by atoms with Crippen LogP contribution >= 0.6 is 27.5 Å². The van der Waals surface area contributed by atoms with Gasteiger partial charge in [-0.15, -0.1) is 0 Å². The molecule has 2 rings (SSSR count). The van der Waals surface area contributed by atoms with Gasteiger partial charge in [-0.1, -0.05) is 18.2 Å². The van der Waals surface area contributed by atoms with Gasteiger partial charge in [0.15, 0.2) is 5.76 Å². The summed E-state index contributed by atoms with van der Waals surface area (Å²) in [7, 11) is 3.48. The average Bonchev–Trinajstić information content (AvgIpc) is 2.97. The summed E-state index contributed by atoms with van der Waals surface area (Å²) in [6.07, 6.45) is 6.95. The van der Waals surface area contributed by atoms with E-state index >= 15 is 0 Å². The van der Waals surface area contributed by atoms with Crippen molar-refractivity contribution in [2.45, 2.75) is 12.8 Å². The number of ether oxygens (including phenoxy) is 2. The van der Waals surface area contributed by atoms with Crippen molar-refractivity contribution in [1.29, 1.82) is 0 Å². The van der Waals surface area contributed by atoms with Crippen LogP contribution < -0.4 is 0 Å². The van der Waals surface area contributed by atoms with Crippen LogP contribution in [0.4, 0.5) is 0 Å². The predicted octanol–water partition coefficient (Wildman–Crippen LogP) is 3.90. The van der Waals surface area contributed by atoms with Crippen molar-refractivity contribution in [2.24, 2.45) is 10.1 Å². The van der Waals surface area contributed by atoms with Crippen LogP contribution in [0.1, 0.15) is 12.8 Å². The lowest BCUT2D eigenvalue weighted by atomic mass is 9.98. The zero-order chi connectivity index (χ0) is 16.1. The molecule has 1 aliphatic heterocycles. The molecule has 0 saturated carbocycles. The van der Waals surface area contributed by atoms with Crippen LogP contribution in [-0.2, 0) is 9.47 Å². The van der Waals surface area contributed by atoms with Gasteiger partial charge in [-0.2, -0.15) is 5.10 Å². The number of nitrogens with zero attached hydrogens (tertiary/aromatic N) is 3. The lowest BCUT2D eigenvalue weighted by Gasteiger charge is -2.15. The molecule has 0 fully saturated rings. The molecule has 0 bridgehead atoms. The van der Waals surface area contributed by atoms with E-state index in [-0.39, 0.29) is 6.79 Å². The van der Waals surface area contributed by atoms with Crippen molar-refractivity contribution in [3.05, 3.63) is 45.5 Å². The summed E-state index contributed by atoms with van der Waals surface area (Å²) in [5.41, 5.74) is 1.86. The molecule has 0 radical (unpaired) electrons. The van der Waals surface area contributed by atoms with Gasteiger partial charge in [0.25, 0.3) is 0 Å². The van der Waals surface area contributed by atoms with E-state index in [0.717, 1.165) is 35.6 Å². The Morgan fingerprint density at radius 1 is 1.45 bits per heavy atom. The van der Waals surface area contributed by atoms with Crippen molar-refractivity contribution < 1.29 is 9.47 Å². The van der Waals surface area contributed by atoms with Crippen LogP contribution in [0.2, 0.25) is 0 Å². The Hall–Kier alpha value is -1.53. The summed E-state index contributed by atoms with van der Waals surface area (Å²) in [5, 5.41) is 6.14. The molecule has 7 heteroatoms. The second kappa shape index (κ2) is 7.65. The van der Waals surface area contributed by atoms with Gasteiger partial charge in [-0.3, -0.25) is 10.0 Å². The molecule has 118 valence electrons. The minimum Gasteiger partial charge on any atom is -0.458 e. The standard InChI is InChI=1S/C15H17BrClN3O2/c1-10(16)8-19-20(3)15(17)7-12(18-2)11-4-5-13-14(6-11)22-9-21-13/h6-8H,1,4-5,9H2,2-3H3/b15-7-,18-12?,19-8-. The summed E-state index contributed by atoms with van der Waals surface area (Å²) in [4.78, 5) is 4.31. The van der Waals surface area contributed by atoms with Crippen molar-refractivity contribution in [3.63, 3.8) is 0 Å². The van der Waals surface area contributed by atoms with Crippen LogP contribution in [0.5, 0.6) is 0 Å². The molecule has 0 aromatic rings. The first-order valence-electron chi connectivity index (χ1n) is 6.67. The highest BCUT2D eigenvalue weighted by atomic mass is 79.9. The van der Waals surface area contributed by atoms with Gasteiger partial charge >= 0.3 is 0 Å². The second-order valence-electron chi connectivity index (χ2n) is 4.65. The largest absolute Gasteiger partial charge is 0.458 e. The van der Waals surface area contributed by atoms with Crippen LogP contribution in [0, 0.1) is 0 Å². The van der Waals surface area contributed by atoms with E-state index in [0.29, 0.717) is 9.64 Å². The average molecular weight is 387 g/mol. The van der Waals surface area contributed by atoms with Crippen molar-refractivity contribution in [3.8, 4) is 0 Å². The number of allylic oxidation sites excluding steroid dienone is 5. The van der Waals surface area contributed by atoms with Gasteiger partial charge in [0, 0.05) is 31.1 Å². The van der Waals surface area contributed by atoms with E-state index < -0.39 is 0 Å². The predicted molar refractivity (Wildman–Crippen MR) is 93.0 cm³/mol. The van der Waals surface area contributed by atoms with Crippen molar-refractivity contribution in [1.82, 2.24) is 5.01 Å². The third kappa shape index (κ3) is 4.24. The number of aliphatic imine (C=N–C) groups is 1. The van der Waals surface area contributed by atoms with E-state index in [1.807, 2.05) is 6.08 Å². The third-order valence-electron chi connectivity index (χ3n) is 3.16. The SMILES string of the molecule is C=C(Br)/C=N\N(C)/C(Cl)=C\C(=NC)C1=CC2=C(CC1)OCO2. The fourth-order valence-corrected chi connectivity index (χ4v) is 2.26. The van der Waals surface area contributed by atoms with E-state index in [1.54, 1.807) is 31.4 Å². The van der Waals surface area contributed by atoms with Crippen molar-refractivity contribution >= 4 is 39.5 Å². The molecular weight excluding hydrogens is 370 g/mol. The maximum absolute atomic E-state index is 6.27. The fraction of sp³-hybridized carbons (Fsp3) is 0.333. The van der Waals surface area contributed by atoms with Gasteiger partial charge in [0.05, 0.1) is 11.9 Å². The molecular formula is C15H17BrClN3O2. The number of hydrogen-bond donors (Lipinski definition) is 0. The van der Waals surface area contributed by atoms with Gasteiger partial charge in [-0.25, -0.2) is 0 Å². The van der Waals surface area contributed by atoms with Gasteiger partial charge in [-0.05, 0) is 34.0 Å². The molecule has 1 heterocycles. The first-order valence-corrected chi connectivity index (χ1v) is 7.84. The summed E-state index contributed by atoms with van der Waals surface area (Å²) in [5.74, 6) is 1.70. The fourth-order valence-electron chi connectivity index (χ4n) is 2.03. The molecule has 0 aromatic heterocycles. The molecule has 0 N–H and O–H groups in total. The Bertz CT molecular complexity index is 620. The molecule has 0 saturated heterocycles. The summed E-state index contributed by atoms with van der Waals surface area (Å²) < 4.78 is 11.5. The minimum atomic E-state index is 0.289. The topological polar surface area (TPSA) is 46.4 Å². The Kier molecular flexibility index (Phi) is 5.85.